The normalized spacial score (nSPS) is 16.0. The Morgan fingerprint density at radius 3 is 2.65 bits per heavy atom. The Balaban J connectivity index is 1.91. The van der Waals surface area contributed by atoms with Crippen LogP contribution in [0.3, 0.4) is 0 Å². The Labute approximate surface area is 157 Å². The van der Waals surface area contributed by atoms with Crippen LogP contribution in [-0.2, 0) is 11.2 Å². The van der Waals surface area contributed by atoms with Gasteiger partial charge in [-0.3, -0.25) is 4.90 Å². The van der Waals surface area contributed by atoms with E-state index in [0.29, 0.717) is 23.8 Å². The molecule has 2 aromatic rings. The van der Waals surface area contributed by atoms with Crippen LogP contribution in [0.1, 0.15) is 24.1 Å². The van der Waals surface area contributed by atoms with Gasteiger partial charge in [0, 0.05) is 17.3 Å². The smallest absolute Gasteiger partial charge is 0.414 e. The number of rotatable bonds is 4. The van der Waals surface area contributed by atoms with Crippen molar-refractivity contribution in [2.24, 2.45) is 0 Å². The molecule has 0 saturated carbocycles. The number of phenols is 2. The third-order valence-corrected chi connectivity index (χ3v) is 4.64. The predicted octanol–water partition coefficient (Wildman–Crippen LogP) is 3.60. The number of halogens is 1. The number of hydrogen-bond donors (Lipinski definition) is 3. The second kappa shape index (κ2) is 7.85. The Kier molecular flexibility index (Phi) is 5.54. The summed E-state index contributed by atoms with van der Waals surface area (Å²) in [6, 6.07) is 9.88. The summed E-state index contributed by atoms with van der Waals surface area (Å²) >= 11 is 5.95. The van der Waals surface area contributed by atoms with Crippen molar-refractivity contribution in [3.8, 4) is 11.5 Å². The van der Waals surface area contributed by atoms with Crippen LogP contribution >= 0.6 is 11.6 Å². The molecule has 6 nitrogen and oxygen atoms in total. The van der Waals surface area contributed by atoms with E-state index in [9.17, 15) is 15.0 Å². The first-order valence-corrected chi connectivity index (χ1v) is 8.85. The molecule has 7 heteroatoms. The summed E-state index contributed by atoms with van der Waals surface area (Å²) < 4.78 is 5.20. The highest BCUT2D eigenvalue weighted by atomic mass is 35.5. The fourth-order valence-electron chi connectivity index (χ4n) is 3.12. The molecular formula is C19H21ClN2O4. The van der Waals surface area contributed by atoms with Crippen LogP contribution in [0.5, 0.6) is 11.5 Å². The standard InChI is InChI=1S/C19H21ClN2O4/c1-2-26-19(25)22(14-5-3-13(20)4-6-14)11-16-15-10-18(24)17(23)9-12(15)7-8-21-16/h3-6,9-10,16,21,23-24H,2,7-8,11H2,1H3. The second-order valence-electron chi connectivity index (χ2n) is 6.08. The van der Waals surface area contributed by atoms with E-state index in [1.165, 1.54) is 4.90 Å². The minimum atomic E-state index is -0.452. The molecule has 2 aromatic carbocycles. The van der Waals surface area contributed by atoms with Gasteiger partial charge in [0.1, 0.15) is 0 Å². The van der Waals surface area contributed by atoms with E-state index in [1.54, 1.807) is 43.3 Å². The van der Waals surface area contributed by atoms with Crippen LogP contribution in [0, 0.1) is 0 Å². The van der Waals surface area contributed by atoms with E-state index in [4.69, 9.17) is 16.3 Å². The van der Waals surface area contributed by atoms with Crippen molar-refractivity contribution in [1.29, 1.82) is 0 Å². The van der Waals surface area contributed by atoms with E-state index in [-0.39, 0.29) is 24.1 Å². The molecule has 26 heavy (non-hydrogen) atoms. The lowest BCUT2D eigenvalue weighted by molar-refractivity contribution is 0.159. The molecule has 3 N–H and O–H groups in total. The fourth-order valence-corrected chi connectivity index (χ4v) is 3.25. The molecule has 1 unspecified atom stereocenters. The number of carbonyl (C=O) groups excluding carboxylic acids is 1. The molecule has 1 atom stereocenters. The highest BCUT2D eigenvalue weighted by Crippen LogP contribution is 2.34. The highest BCUT2D eigenvalue weighted by molar-refractivity contribution is 6.30. The number of amides is 1. The van der Waals surface area contributed by atoms with Crippen molar-refractivity contribution in [3.05, 3.63) is 52.5 Å². The summed E-state index contributed by atoms with van der Waals surface area (Å²) in [7, 11) is 0. The van der Waals surface area contributed by atoms with Crippen molar-refractivity contribution >= 4 is 23.4 Å². The summed E-state index contributed by atoms with van der Waals surface area (Å²) in [5.41, 5.74) is 2.48. The SMILES string of the molecule is CCOC(=O)N(CC1NCCc2cc(O)c(O)cc21)c1ccc(Cl)cc1. The number of phenolic OH excluding ortho intramolecular Hbond substituents is 2. The number of fused-ring (bicyclic) bond motifs is 1. The van der Waals surface area contributed by atoms with Gasteiger partial charge in [0.25, 0.3) is 0 Å². The molecule has 0 radical (unpaired) electrons. The number of aromatic hydroxyl groups is 2. The van der Waals surface area contributed by atoms with Crippen LogP contribution in [0.4, 0.5) is 10.5 Å². The number of nitrogens with one attached hydrogen (secondary N) is 1. The summed E-state index contributed by atoms with van der Waals surface area (Å²) in [4.78, 5) is 14.0. The van der Waals surface area contributed by atoms with E-state index in [1.807, 2.05) is 0 Å². The van der Waals surface area contributed by atoms with Gasteiger partial charge < -0.3 is 20.3 Å². The fraction of sp³-hybridized carbons (Fsp3) is 0.316. The molecule has 0 spiro atoms. The van der Waals surface area contributed by atoms with Crippen molar-refractivity contribution in [2.75, 3.05) is 24.6 Å². The van der Waals surface area contributed by atoms with Gasteiger partial charge in [-0.25, -0.2) is 4.79 Å². The molecule has 1 heterocycles. The monoisotopic (exact) mass is 376 g/mol. The van der Waals surface area contributed by atoms with Crippen LogP contribution in [-0.4, -0.2) is 36.0 Å². The van der Waals surface area contributed by atoms with Crippen LogP contribution < -0.4 is 10.2 Å². The van der Waals surface area contributed by atoms with Crippen LogP contribution in [0.25, 0.3) is 0 Å². The number of ether oxygens (including phenoxy) is 1. The molecule has 0 saturated heterocycles. The maximum absolute atomic E-state index is 12.5. The van der Waals surface area contributed by atoms with Gasteiger partial charge >= 0.3 is 6.09 Å². The molecule has 1 aliphatic rings. The molecule has 138 valence electrons. The molecule has 0 bridgehead atoms. The second-order valence-corrected chi connectivity index (χ2v) is 6.52. The Hall–Kier alpha value is -2.44. The molecule has 1 aliphatic heterocycles. The number of anilines is 1. The lowest BCUT2D eigenvalue weighted by Crippen LogP contribution is -2.42. The molecular weight excluding hydrogens is 356 g/mol. The number of carbonyl (C=O) groups is 1. The zero-order valence-electron chi connectivity index (χ0n) is 14.4. The summed E-state index contributed by atoms with van der Waals surface area (Å²) in [5, 5.41) is 23.6. The maximum Gasteiger partial charge on any atom is 0.414 e. The van der Waals surface area contributed by atoms with Crippen LogP contribution in [0.15, 0.2) is 36.4 Å². The van der Waals surface area contributed by atoms with Crippen molar-refractivity contribution in [1.82, 2.24) is 5.32 Å². The van der Waals surface area contributed by atoms with Gasteiger partial charge in [0.2, 0.25) is 0 Å². The molecule has 3 rings (SSSR count). The van der Waals surface area contributed by atoms with E-state index in [2.05, 4.69) is 5.32 Å². The summed E-state index contributed by atoms with van der Waals surface area (Å²) in [6.07, 6.45) is 0.284. The van der Waals surface area contributed by atoms with Gasteiger partial charge in [-0.1, -0.05) is 11.6 Å². The van der Waals surface area contributed by atoms with Gasteiger partial charge in [-0.2, -0.15) is 0 Å². The van der Waals surface area contributed by atoms with E-state index in [0.717, 1.165) is 17.5 Å². The first-order chi connectivity index (χ1) is 12.5. The van der Waals surface area contributed by atoms with Crippen LogP contribution in [0.2, 0.25) is 5.02 Å². The Bertz CT molecular complexity index is 795. The Morgan fingerprint density at radius 2 is 1.96 bits per heavy atom. The predicted molar refractivity (Wildman–Crippen MR) is 100 cm³/mol. The molecule has 0 aliphatic carbocycles. The van der Waals surface area contributed by atoms with Gasteiger partial charge in [0.05, 0.1) is 12.6 Å². The van der Waals surface area contributed by atoms with Crippen molar-refractivity contribution in [2.45, 2.75) is 19.4 Å². The van der Waals surface area contributed by atoms with Crippen molar-refractivity contribution in [3.63, 3.8) is 0 Å². The molecule has 0 fully saturated rings. The summed E-state index contributed by atoms with van der Waals surface area (Å²) in [5.74, 6) is -0.309. The highest BCUT2D eigenvalue weighted by Gasteiger charge is 2.27. The maximum atomic E-state index is 12.5. The zero-order chi connectivity index (χ0) is 18.7. The lowest BCUT2D eigenvalue weighted by Gasteiger charge is -2.32. The van der Waals surface area contributed by atoms with E-state index < -0.39 is 6.09 Å². The van der Waals surface area contributed by atoms with Gasteiger partial charge in [-0.15, -0.1) is 0 Å². The Morgan fingerprint density at radius 1 is 1.27 bits per heavy atom. The first-order valence-electron chi connectivity index (χ1n) is 8.47. The van der Waals surface area contributed by atoms with E-state index >= 15 is 0 Å². The zero-order valence-corrected chi connectivity index (χ0v) is 15.2. The van der Waals surface area contributed by atoms with Gasteiger partial charge in [-0.05, 0) is 67.4 Å². The topological polar surface area (TPSA) is 82.0 Å². The number of benzene rings is 2. The number of hydrogen-bond acceptors (Lipinski definition) is 5. The minimum Gasteiger partial charge on any atom is -0.504 e. The first kappa shape index (κ1) is 18.4. The largest absolute Gasteiger partial charge is 0.504 e. The lowest BCUT2D eigenvalue weighted by atomic mass is 9.93. The number of nitrogens with zero attached hydrogens (tertiary/aromatic N) is 1. The molecule has 0 aromatic heterocycles. The molecule has 1 amide bonds. The third-order valence-electron chi connectivity index (χ3n) is 4.39. The van der Waals surface area contributed by atoms with Crippen molar-refractivity contribution < 1.29 is 19.7 Å². The third kappa shape index (κ3) is 3.86. The average Bonchev–Trinajstić information content (AvgIpc) is 2.62. The summed E-state index contributed by atoms with van der Waals surface area (Å²) in [6.45, 7) is 3.05. The minimum absolute atomic E-state index is 0.135. The average molecular weight is 377 g/mol. The quantitative estimate of drug-likeness (QED) is 0.710. The van der Waals surface area contributed by atoms with Gasteiger partial charge in [0.15, 0.2) is 11.5 Å².